The Morgan fingerprint density at radius 2 is 1.88 bits per heavy atom. The van der Waals surface area contributed by atoms with Gasteiger partial charge in [-0.15, -0.1) is 0 Å². The predicted octanol–water partition coefficient (Wildman–Crippen LogP) is 2.54. The van der Waals surface area contributed by atoms with Crippen LogP contribution in [0.2, 0.25) is 0 Å². The lowest BCUT2D eigenvalue weighted by molar-refractivity contribution is 0.0696. The van der Waals surface area contributed by atoms with Crippen LogP contribution in [0.25, 0.3) is 0 Å². The van der Waals surface area contributed by atoms with Crippen molar-refractivity contribution in [3.63, 3.8) is 0 Å². The van der Waals surface area contributed by atoms with E-state index in [4.69, 9.17) is 14.6 Å². The molecule has 0 atom stereocenters. The zero-order valence-electron chi connectivity index (χ0n) is 14.4. The lowest BCUT2D eigenvalue weighted by Crippen LogP contribution is -2.35. The van der Waals surface area contributed by atoms with Crippen molar-refractivity contribution in [3.8, 4) is 11.5 Å². The number of aromatic carboxylic acids is 1. The summed E-state index contributed by atoms with van der Waals surface area (Å²) in [4.78, 5) is 11.2. The van der Waals surface area contributed by atoms with Gasteiger partial charge in [0, 0.05) is 12.6 Å². The van der Waals surface area contributed by atoms with Crippen LogP contribution in [0.4, 0.5) is 5.69 Å². The summed E-state index contributed by atoms with van der Waals surface area (Å²) in [5.41, 5.74) is 1.33. The monoisotopic (exact) mass is 377 g/mol. The van der Waals surface area contributed by atoms with E-state index in [9.17, 15) is 13.2 Å². The van der Waals surface area contributed by atoms with Gasteiger partial charge < -0.3 is 14.6 Å². The molecule has 0 aromatic heterocycles. The number of anilines is 1. The number of nitrogens with zero attached hydrogens (tertiary/aromatic N) is 1. The van der Waals surface area contributed by atoms with Crippen molar-refractivity contribution in [1.82, 2.24) is 0 Å². The molecule has 0 bridgehead atoms. The van der Waals surface area contributed by atoms with Crippen LogP contribution < -0.4 is 13.8 Å². The number of carboxylic acids is 1. The number of fused-ring (bicyclic) bond motifs is 1. The Kier molecular flexibility index (Phi) is 4.78. The lowest BCUT2D eigenvalue weighted by Gasteiger charge is -2.31. The Bertz CT molecular complexity index is 954. The summed E-state index contributed by atoms with van der Waals surface area (Å²) >= 11 is 0. The number of sulfonamides is 1. The van der Waals surface area contributed by atoms with E-state index in [-0.39, 0.29) is 16.2 Å². The van der Waals surface area contributed by atoms with Gasteiger partial charge >= 0.3 is 5.97 Å². The second-order valence-corrected chi connectivity index (χ2v) is 7.68. The number of hydrogen-bond donors (Lipinski definition) is 1. The molecule has 8 heteroatoms. The molecule has 0 spiro atoms. The molecule has 138 valence electrons. The molecule has 0 aliphatic carbocycles. The molecule has 1 aliphatic heterocycles. The van der Waals surface area contributed by atoms with Crippen LogP contribution in [0.3, 0.4) is 0 Å². The number of methoxy groups -OCH3 is 2. The molecule has 1 N–H and O–H groups in total. The molecule has 2 aromatic rings. The molecule has 1 heterocycles. The fraction of sp³-hybridized carbons (Fsp3) is 0.278. The number of ether oxygens (including phenoxy) is 2. The predicted molar refractivity (Wildman–Crippen MR) is 95.8 cm³/mol. The zero-order valence-corrected chi connectivity index (χ0v) is 15.2. The van der Waals surface area contributed by atoms with Gasteiger partial charge in [-0.1, -0.05) is 0 Å². The average Bonchev–Trinajstić information content (AvgIpc) is 2.66. The minimum atomic E-state index is -3.90. The number of aryl methyl sites for hydroxylation is 1. The molecule has 0 amide bonds. The second-order valence-electron chi connectivity index (χ2n) is 5.85. The fourth-order valence-electron chi connectivity index (χ4n) is 3.05. The Morgan fingerprint density at radius 3 is 2.54 bits per heavy atom. The van der Waals surface area contributed by atoms with Gasteiger partial charge in [0.15, 0.2) is 0 Å². The van der Waals surface area contributed by atoms with Crippen LogP contribution in [0, 0.1) is 0 Å². The van der Waals surface area contributed by atoms with Crippen molar-refractivity contribution < 1.29 is 27.8 Å². The highest BCUT2D eigenvalue weighted by Gasteiger charge is 2.32. The molecule has 0 saturated heterocycles. The quantitative estimate of drug-likeness (QED) is 0.861. The van der Waals surface area contributed by atoms with Gasteiger partial charge in [0.1, 0.15) is 16.4 Å². The Morgan fingerprint density at radius 1 is 1.12 bits per heavy atom. The first-order valence-electron chi connectivity index (χ1n) is 7.99. The average molecular weight is 377 g/mol. The number of carboxylic acid groups (broad SMARTS) is 1. The molecular weight excluding hydrogens is 358 g/mol. The van der Waals surface area contributed by atoms with Gasteiger partial charge in [0.05, 0.1) is 25.5 Å². The second kappa shape index (κ2) is 6.87. The normalized spacial score (nSPS) is 13.8. The summed E-state index contributed by atoms with van der Waals surface area (Å²) < 4.78 is 38.2. The SMILES string of the molecule is COc1ccc(OC)c(S(=O)(=O)N2CCCc3cc(C(=O)O)ccc32)c1. The summed E-state index contributed by atoms with van der Waals surface area (Å²) in [6.45, 7) is 0.308. The maximum Gasteiger partial charge on any atom is 0.335 e. The summed E-state index contributed by atoms with van der Waals surface area (Å²) in [6.07, 6.45) is 1.22. The molecule has 0 fully saturated rings. The minimum Gasteiger partial charge on any atom is -0.497 e. The molecule has 0 saturated carbocycles. The zero-order chi connectivity index (χ0) is 18.9. The molecule has 1 aliphatic rings. The summed E-state index contributed by atoms with van der Waals surface area (Å²) in [5, 5.41) is 9.15. The van der Waals surface area contributed by atoms with Crippen molar-refractivity contribution >= 4 is 21.7 Å². The third kappa shape index (κ3) is 3.08. The highest BCUT2D eigenvalue weighted by atomic mass is 32.2. The number of carbonyl (C=O) groups is 1. The highest BCUT2D eigenvalue weighted by Crippen LogP contribution is 2.36. The van der Waals surface area contributed by atoms with E-state index in [1.165, 1.54) is 36.7 Å². The van der Waals surface area contributed by atoms with Crippen molar-refractivity contribution in [3.05, 3.63) is 47.5 Å². The summed E-state index contributed by atoms with van der Waals surface area (Å²) in [6, 6.07) is 9.08. The summed E-state index contributed by atoms with van der Waals surface area (Å²) in [7, 11) is -1.04. The van der Waals surface area contributed by atoms with E-state index >= 15 is 0 Å². The van der Waals surface area contributed by atoms with Gasteiger partial charge in [0.25, 0.3) is 10.0 Å². The number of rotatable bonds is 5. The summed E-state index contributed by atoms with van der Waals surface area (Å²) in [5.74, 6) is -0.412. The van der Waals surface area contributed by atoms with Crippen molar-refractivity contribution in [1.29, 1.82) is 0 Å². The molecular formula is C18H19NO6S. The van der Waals surface area contributed by atoms with Crippen LogP contribution in [-0.2, 0) is 16.4 Å². The van der Waals surface area contributed by atoms with Crippen LogP contribution in [0.15, 0.2) is 41.3 Å². The van der Waals surface area contributed by atoms with E-state index in [0.29, 0.717) is 36.4 Å². The molecule has 7 nitrogen and oxygen atoms in total. The lowest BCUT2D eigenvalue weighted by atomic mass is 10.0. The number of hydrogen-bond acceptors (Lipinski definition) is 5. The van der Waals surface area contributed by atoms with Crippen LogP contribution in [0.1, 0.15) is 22.3 Å². The van der Waals surface area contributed by atoms with Crippen molar-refractivity contribution in [2.24, 2.45) is 0 Å². The first-order valence-corrected chi connectivity index (χ1v) is 9.43. The fourth-order valence-corrected chi connectivity index (χ4v) is 4.76. The van der Waals surface area contributed by atoms with E-state index in [1.54, 1.807) is 18.2 Å². The van der Waals surface area contributed by atoms with Gasteiger partial charge in [-0.05, 0) is 48.7 Å². The van der Waals surface area contributed by atoms with Gasteiger partial charge in [-0.3, -0.25) is 4.31 Å². The molecule has 26 heavy (non-hydrogen) atoms. The first-order chi connectivity index (χ1) is 12.4. The van der Waals surface area contributed by atoms with Crippen molar-refractivity contribution in [2.45, 2.75) is 17.7 Å². The largest absolute Gasteiger partial charge is 0.497 e. The van der Waals surface area contributed by atoms with E-state index in [0.717, 1.165) is 0 Å². The molecule has 0 radical (unpaired) electrons. The maximum absolute atomic E-state index is 13.3. The number of benzene rings is 2. The Hall–Kier alpha value is -2.74. The van der Waals surface area contributed by atoms with Crippen molar-refractivity contribution in [2.75, 3.05) is 25.1 Å². The molecule has 2 aromatic carbocycles. The smallest absolute Gasteiger partial charge is 0.335 e. The third-order valence-corrected chi connectivity index (χ3v) is 6.18. The Labute approximate surface area is 151 Å². The van der Waals surface area contributed by atoms with Gasteiger partial charge in [-0.25, -0.2) is 13.2 Å². The van der Waals surface area contributed by atoms with Gasteiger partial charge in [0.2, 0.25) is 0 Å². The van der Waals surface area contributed by atoms with E-state index in [2.05, 4.69) is 0 Å². The van der Waals surface area contributed by atoms with Crippen LogP contribution in [0.5, 0.6) is 11.5 Å². The van der Waals surface area contributed by atoms with Gasteiger partial charge in [-0.2, -0.15) is 0 Å². The van der Waals surface area contributed by atoms with Crippen LogP contribution >= 0.6 is 0 Å². The first kappa shape index (κ1) is 18.1. The third-order valence-electron chi connectivity index (χ3n) is 4.34. The maximum atomic E-state index is 13.3. The van der Waals surface area contributed by atoms with Crippen LogP contribution in [-0.4, -0.2) is 40.3 Å². The topological polar surface area (TPSA) is 93.1 Å². The standard InChI is InChI=1S/C18H19NO6S/c1-24-14-6-8-16(25-2)17(11-14)26(22,23)19-9-3-4-12-10-13(18(20)21)5-7-15(12)19/h5-8,10-11H,3-4,9H2,1-2H3,(H,20,21). The van der Waals surface area contributed by atoms with E-state index in [1.807, 2.05) is 0 Å². The minimum absolute atomic E-state index is 0.00881. The van der Waals surface area contributed by atoms with E-state index < -0.39 is 16.0 Å². The molecule has 3 rings (SSSR count). The Balaban J connectivity index is 2.12. The highest BCUT2D eigenvalue weighted by molar-refractivity contribution is 7.93. The molecule has 0 unspecified atom stereocenters.